The van der Waals surface area contributed by atoms with Gasteiger partial charge in [-0.1, -0.05) is 0 Å². The van der Waals surface area contributed by atoms with Gasteiger partial charge in [0, 0.05) is 25.0 Å². The fourth-order valence-corrected chi connectivity index (χ4v) is 3.67. The second-order valence-electron chi connectivity index (χ2n) is 6.59. The molecule has 7 heteroatoms. The van der Waals surface area contributed by atoms with Crippen molar-refractivity contribution in [3.63, 3.8) is 0 Å². The van der Waals surface area contributed by atoms with E-state index in [1.54, 1.807) is 17.0 Å². The zero-order valence-corrected chi connectivity index (χ0v) is 14.4. The molecule has 2 heterocycles. The molecule has 1 aromatic rings. The second kappa shape index (κ2) is 7.09. The number of carbonyl (C=O) groups is 1. The lowest BCUT2D eigenvalue weighted by Crippen LogP contribution is -2.35. The van der Waals surface area contributed by atoms with Crippen LogP contribution in [0.2, 0.25) is 0 Å². The van der Waals surface area contributed by atoms with Crippen molar-refractivity contribution in [1.82, 2.24) is 9.88 Å². The molecule has 0 spiro atoms. The maximum atomic E-state index is 12.4. The largest absolute Gasteiger partial charge is 0.444 e. The van der Waals surface area contributed by atoms with Crippen LogP contribution >= 0.6 is 0 Å². The fourth-order valence-electron chi connectivity index (χ4n) is 2.36. The lowest BCUT2D eigenvalue weighted by Gasteiger charge is -2.24. The molecule has 1 aliphatic rings. The number of carbonyl (C=O) groups excluding carboxylic acids is 1. The number of hydrogen-bond acceptors (Lipinski definition) is 5. The summed E-state index contributed by atoms with van der Waals surface area (Å²) in [4.78, 5) is 17.8. The summed E-state index contributed by atoms with van der Waals surface area (Å²) in [6.45, 7) is 6.66. The van der Waals surface area contributed by atoms with Gasteiger partial charge in [0.2, 0.25) is 0 Å². The number of nitriles is 1. The van der Waals surface area contributed by atoms with E-state index in [9.17, 15) is 9.00 Å². The minimum absolute atomic E-state index is 0.149. The molecule has 0 radical (unpaired) electrons. The average molecular weight is 335 g/mol. The van der Waals surface area contributed by atoms with E-state index in [0.717, 1.165) is 6.42 Å². The van der Waals surface area contributed by atoms with Crippen LogP contribution in [0.3, 0.4) is 0 Å². The first kappa shape index (κ1) is 17.4. The molecule has 0 saturated carbocycles. The van der Waals surface area contributed by atoms with Gasteiger partial charge in [0.15, 0.2) is 0 Å². The summed E-state index contributed by atoms with van der Waals surface area (Å²) < 4.78 is 17.7. The number of likely N-dealkylation sites (tertiary alicyclic amines) is 1. The Kier molecular flexibility index (Phi) is 5.37. The zero-order valence-electron chi connectivity index (χ0n) is 13.6. The predicted molar refractivity (Wildman–Crippen MR) is 86.1 cm³/mol. The maximum Gasteiger partial charge on any atom is 0.410 e. The van der Waals surface area contributed by atoms with Crippen molar-refractivity contribution < 1.29 is 13.7 Å². The van der Waals surface area contributed by atoms with Crippen molar-refractivity contribution in [3.05, 3.63) is 23.9 Å². The monoisotopic (exact) mass is 335 g/mol. The van der Waals surface area contributed by atoms with Crippen LogP contribution in [0.15, 0.2) is 23.4 Å². The molecule has 23 heavy (non-hydrogen) atoms. The van der Waals surface area contributed by atoms with E-state index in [1.165, 1.54) is 6.20 Å². The van der Waals surface area contributed by atoms with Crippen LogP contribution in [-0.4, -0.2) is 44.6 Å². The van der Waals surface area contributed by atoms with Gasteiger partial charge in [-0.2, -0.15) is 5.26 Å². The Balaban J connectivity index is 1.91. The lowest BCUT2D eigenvalue weighted by atomic mass is 10.2. The van der Waals surface area contributed by atoms with Gasteiger partial charge in [-0.05, 0) is 45.2 Å². The first-order chi connectivity index (χ1) is 10.8. The standard InChI is InChI=1S/C16H21N3O3S/c1-16(2,3)22-15(20)19-7-5-13(10-19)11-23(21)14-8-12(9-17)4-6-18-14/h4,6,8,13H,5,7,10-11H2,1-3H3/t13-,23+/m1/s1. The molecule has 1 amide bonds. The van der Waals surface area contributed by atoms with Gasteiger partial charge in [0.1, 0.15) is 10.6 Å². The van der Waals surface area contributed by atoms with E-state index in [1.807, 2.05) is 26.8 Å². The van der Waals surface area contributed by atoms with Gasteiger partial charge >= 0.3 is 6.09 Å². The SMILES string of the molecule is CC(C)(C)OC(=O)N1CC[C@@H](C[S@](=O)c2cc(C#N)ccn2)C1. The van der Waals surface area contributed by atoms with Crippen molar-refractivity contribution in [1.29, 1.82) is 5.26 Å². The average Bonchev–Trinajstić information content (AvgIpc) is 2.94. The number of ether oxygens (including phenoxy) is 1. The highest BCUT2D eigenvalue weighted by Crippen LogP contribution is 2.21. The van der Waals surface area contributed by atoms with Gasteiger partial charge in [0.05, 0.1) is 22.4 Å². The molecule has 0 aliphatic carbocycles. The third-order valence-electron chi connectivity index (χ3n) is 3.42. The van der Waals surface area contributed by atoms with Crippen LogP contribution in [0, 0.1) is 17.2 Å². The number of amides is 1. The van der Waals surface area contributed by atoms with Crippen molar-refractivity contribution in [2.75, 3.05) is 18.8 Å². The Morgan fingerprint density at radius 3 is 2.96 bits per heavy atom. The fraction of sp³-hybridized carbons (Fsp3) is 0.562. The van der Waals surface area contributed by atoms with Gasteiger partial charge < -0.3 is 9.64 Å². The van der Waals surface area contributed by atoms with Gasteiger partial charge in [-0.25, -0.2) is 9.78 Å². The predicted octanol–water partition coefficient (Wildman–Crippen LogP) is 2.32. The van der Waals surface area contributed by atoms with Crippen molar-refractivity contribution in [3.8, 4) is 6.07 Å². The van der Waals surface area contributed by atoms with Crippen LogP contribution in [0.1, 0.15) is 32.8 Å². The minimum atomic E-state index is -1.27. The molecule has 2 atom stereocenters. The number of aromatic nitrogens is 1. The van der Waals surface area contributed by atoms with Gasteiger partial charge in [0.25, 0.3) is 0 Å². The number of rotatable bonds is 3. The Morgan fingerprint density at radius 1 is 1.57 bits per heavy atom. The molecule has 2 rings (SSSR count). The first-order valence-electron chi connectivity index (χ1n) is 7.51. The Morgan fingerprint density at radius 2 is 2.30 bits per heavy atom. The third kappa shape index (κ3) is 5.03. The Hall–Kier alpha value is -1.94. The van der Waals surface area contributed by atoms with Crippen LogP contribution in [0.4, 0.5) is 4.79 Å². The van der Waals surface area contributed by atoms with Crippen molar-refractivity contribution >= 4 is 16.9 Å². The maximum absolute atomic E-state index is 12.4. The molecule has 0 aromatic carbocycles. The van der Waals surface area contributed by atoms with Crippen LogP contribution in [0.25, 0.3) is 0 Å². The highest BCUT2D eigenvalue weighted by atomic mass is 32.2. The van der Waals surface area contributed by atoms with Crippen LogP contribution < -0.4 is 0 Å². The molecule has 0 N–H and O–H groups in total. The highest BCUT2D eigenvalue weighted by molar-refractivity contribution is 7.84. The summed E-state index contributed by atoms with van der Waals surface area (Å²) >= 11 is 0. The molecule has 1 aromatic heterocycles. The molecular weight excluding hydrogens is 314 g/mol. The molecule has 6 nitrogen and oxygen atoms in total. The summed E-state index contributed by atoms with van der Waals surface area (Å²) in [6.07, 6.45) is 1.96. The Bertz CT molecular complexity index is 649. The summed E-state index contributed by atoms with van der Waals surface area (Å²) in [5, 5.41) is 9.30. The second-order valence-corrected chi connectivity index (χ2v) is 8.03. The topological polar surface area (TPSA) is 83.3 Å². The van der Waals surface area contributed by atoms with Gasteiger partial charge in [-0.3, -0.25) is 4.21 Å². The molecule has 0 unspecified atom stereocenters. The molecule has 0 bridgehead atoms. The summed E-state index contributed by atoms with van der Waals surface area (Å²) in [6, 6.07) is 5.15. The first-order valence-corrected chi connectivity index (χ1v) is 8.83. The molecule has 1 saturated heterocycles. The van der Waals surface area contributed by atoms with E-state index >= 15 is 0 Å². The normalized spacial score (nSPS) is 19.2. The molecular formula is C16H21N3O3S. The summed E-state index contributed by atoms with van der Waals surface area (Å²) in [5.41, 5.74) is -0.0650. The van der Waals surface area contributed by atoms with E-state index in [2.05, 4.69) is 4.98 Å². The quantitative estimate of drug-likeness (QED) is 0.846. The molecule has 124 valence electrons. The zero-order chi connectivity index (χ0) is 17.0. The third-order valence-corrected chi connectivity index (χ3v) is 4.89. The van der Waals surface area contributed by atoms with E-state index in [-0.39, 0.29) is 12.0 Å². The molecule has 1 fully saturated rings. The number of pyridine rings is 1. The van der Waals surface area contributed by atoms with E-state index in [4.69, 9.17) is 10.00 Å². The van der Waals surface area contributed by atoms with E-state index in [0.29, 0.717) is 29.4 Å². The van der Waals surface area contributed by atoms with Crippen molar-refractivity contribution in [2.24, 2.45) is 5.92 Å². The van der Waals surface area contributed by atoms with Crippen LogP contribution in [0.5, 0.6) is 0 Å². The van der Waals surface area contributed by atoms with Crippen LogP contribution in [-0.2, 0) is 15.5 Å². The minimum Gasteiger partial charge on any atom is -0.444 e. The smallest absolute Gasteiger partial charge is 0.410 e. The summed E-state index contributed by atoms with van der Waals surface area (Å²) in [7, 11) is -1.27. The molecule has 1 aliphatic heterocycles. The van der Waals surface area contributed by atoms with Crippen molar-refractivity contribution in [2.45, 2.75) is 37.8 Å². The van der Waals surface area contributed by atoms with E-state index < -0.39 is 16.4 Å². The lowest BCUT2D eigenvalue weighted by molar-refractivity contribution is 0.0289. The summed E-state index contributed by atoms with van der Waals surface area (Å²) in [5.74, 6) is 0.581. The Labute approximate surface area is 138 Å². The highest BCUT2D eigenvalue weighted by Gasteiger charge is 2.30. The number of nitrogens with zero attached hydrogens (tertiary/aromatic N) is 3. The van der Waals surface area contributed by atoms with Gasteiger partial charge in [-0.15, -0.1) is 0 Å². The number of hydrogen-bond donors (Lipinski definition) is 0.